The van der Waals surface area contributed by atoms with Gasteiger partial charge in [-0.2, -0.15) is 0 Å². The van der Waals surface area contributed by atoms with E-state index in [1.165, 1.54) is 16.2 Å². The lowest BCUT2D eigenvalue weighted by Gasteiger charge is -2.23. The van der Waals surface area contributed by atoms with Crippen LogP contribution in [0.15, 0.2) is 63.9 Å². The zero-order valence-corrected chi connectivity index (χ0v) is 18.9. The van der Waals surface area contributed by atoms with Gasteiger partial charge in [-0.25, -0.2) is 0 Å². The summed E-state index contributed by atoms with van der Waals surface area (Å²) < 4.78 is 11.4. The average Bonchev–Trinajstić information content (AvgIpc) is 3.51. The van der Waals surface area contributed by atoms with Gasteiger partial charge in [-0.05, 0) is 48.7 Å². The van der Waals surface area contributed by atoms with Gasteiger partial charge in [-0.1, -0.05) is 6.07 Å². The normalized spacial score (nSPS) is 17.7. The first-order valence-electron chi connectivity index (χ1n) is 10.2. The van der Waals surface area contributed by atoms with Gasteiger partial charge in [-0.15, -0.1) is 11.3 Å². The van der Waals surface area contributed by atoms with Gasteiger partial charge in [-0.3, -0.25) is 9.59 Å². The van der Waals surface area contributed by atoms with Crippen LogP contribution in [0, 0.1) is 0 Å². The number of thiophene rings is 1. The standard InChI is InChI=1S/C24H24N2O5S/c1-4-30-16-9-7-15(8-10-16)22(27)20-21(18-11-12-19(31-18)25(2)3)26(24(29)23(20)28)14-17-6-5-13-32-17/h5-13,21,27H,4,14H2,1-3H3/b22-20+. The number of amides is 1. The van der Waals surface area contributed by atoms with Gasteiger partial charge in [0.15, 0.2) is 5.88 Å². The van der Waals surface area contributed by atoms with Gasteiger partial charge < -0.3 is 24.1 Å². The smallest absolute Gasteiger partial charge is 0.296 e. The maximum Gasteiger partial charge on any atom is 0.296 e. The van der Waals surface area contributed by atoms with Crippen molar-refractivity contribution < 1.29 is 23.8 Å². The van der Waals surface area contributed by atoms with E-state index in [0.29, 0.717) is 29.6 Å². The highest BCUT2D eigenvalue weighted by atomic mass is 32.1. The molecule has 1 aliphatic heterocycles. The van der Waals surface area contributed by atoms with Gasteiger partial charge in [0, 0.05) is 30.6 Å². The van der Waals surface area contributed by atoms with Crippen LogP contribution < -0.4 is 9.64 Å². The molecule has 3 heterocycles. The van der Waals surface area contributed by atoms with Crippen LogP contribution in [-0.2, 0) is 16.1 Å². The summed E-state index contributed by atoms with van der Waals surface area (Å²) in [7, 11) is 3.68. The summed E-state index contributed by atoms with van der Waals surface area (Å²) in [4.78, 5) is 30.2. The Morgan fingerprint density at radius 1 is 1.16 bits per heavy atom. The fourth-order valence-corrected chi connectivity index (χ4v) is 4.37. The van der Waals surface area contributed by atoms with E-state index in [-0.39, 0.29) is 17.9 Å². The number of rotatable bonds is 7. The van der Waals surface area contributed by atoms with E-state index >= 15 is 0 Å². The number of ketones is 1. The van der Waals surface area contributed by atoms with Gasteiger partial charge in [0.05, 0.1) is 18.7 Å². The molecular formula is C24H24N2O5S. The number of benzene rings is 1. The summed E-state index contributed by atoms with van der Waals surface area (Å²) in [6.07, 6.45) is 0. The molecule has 1 unspecified atom stereocenters. The van der Waals surface area contributed by atoms with E-state index < -0.39 is 17.7 Å². The third-order valence-electron chi connectivity index (χ3n) is 5.21. The number of nitrogens with zero attached hydrogens (tertiary/aromatic N) is 2. The van der Waals surface area contributed by atoms with Crippen molar-refractivity contribution in [2.75, 3.05) is 25.6 Å². The maximum atomic E-state index is 13.1. The topological polar surface area (TPSA) is 83.2 Å². The van der Waals surface area contributed by atoms with Crippen molar-refractivity contribution in [1.82, 2.24) is 4.90 Å². The van der Waals surface area contributed by atoms with Crippen LogP contribution in [0.2, 0.25) is 0 Å². The predicted octanol–water partition coefficient (Wildman–Crippen LogP) is 4.43. The first-order chi connectivity index (χ1) is 15.4. The van der Waals surface area contributed by atoms with Crippen molar-refractivity contribution in [3.8, 4) is 5.75 Å². The molecule has 7 nitrogen and oxygen atoms in total. The molecule has 1 atom stereocenters. The molecule has 1 N–H and O–H groups in total. The Hall–Kier alpha value is -3.52. The zero-order chi connectivity index (χ0) is 22.8. The van der Waals surface area contributed by atoms with Crippen molar-refractivity contribution in [2.24, 2.45) is 0 Å². The minimum absolute atomic E-state index is 0.00960. The molecule has 1 aromatic carbocycles. The minimum atomic E-state index is -0.836. The zero-order valence-electron chi connectivity index (χ0n) is 18.1. The Labute approximate surface area is 190 Å². The Kier molecular flexibility index (Phi) is 6.05. The predicted molar refractivity (Wildman–Crippen MR) is 123 cm³/mol. The number of anilines is 1. The van der Waals surface area contributed by atoms with Gasteiger partial charge in [0.2, 0.25) is 0 Å². The highest BCUT2D eigenvalue weighted by Crippen LogP contribution is 2.42. The van der Waals surface area contributed by atoms with Crippen molar-refractivity contribution in [1.29, 1.82) is 0 Å². The molecule has 4 rings (SSSR count). The molecular weight excluding hydrogens is 428 g/mol. The minimum Gasteiger partial charge on any atom is -0.507 e. The van der Waals surface area contributed by atoms with Gasteiger partial charge >= 0.3 is 0 Å². The highest BCUT2D eigenvalue weighted by molar-refractivity contribution is 7.09. The number of ether oxygens (including phenoxy) is 1. The van der Waals surface area contributed by atoms with E-state index in [2.05, 4.69) is 0 Å². The third kappa shape index (κ3) is 4.01. The molecule has 1 amide bonds. The molecule has 0 bridgehead atoms. The average molecular weight is 453 g/mol. The molecule has 2 aromatic heterocycles. The first kappa shape index (κ1) is 21.7. The number of aliphatic hydroxyl groups excluding tert-OH is 1. The SMILES string of the molecule is CCOc1ccc(/C(O)=C2\C(=O)C(=O)N(Cc3cccs3)C2c2ccc(N(C)C)o2)cc1. The van der Waals surface area contributed by atoms with E-state index in [0.717, 1.165) is 4.88 Å². The molecule has 1 fully saturated rings. The molecule has 0 spiro atoms. The third-order valence-corrected chi connectivity index (χ3v) is 6.07. The van der Waals surface area contributed by atoms with Crippen molar-refractivity contribution in [3.05, 3.63) is 75.7 Å². The first-order valence-corrected chi connectivity index (χ1v) is 11.1. The second-order valence-corrected chi connectivity index (χ2v) is 8.57. The number of carbonyl (C=O) groups is 2. The van der Waals surface area contributed by atoms with Crippen LogP contribution in [0.4, 0.5) is 5.88 Å². The number of hydrogen-bond donors (Lipinski definition) is 1. The summed E-state index contributed by atoms with van der Waals surface area (Å²) in [5.41, 5.74) is 0.433. The molecule has 1 aliphatic rings. The van der Waals surface area contributed by atoms with E-state index in [1.807, 2.05) is 38.5 Å². The van der Waals surface area contributed by atoms with Gasteiger partial charge in [0.1, 0.15) is 23.3 Å². The fourth-order valence-electron chi connectivity index (χ4n) is 3.67. The number of furan rings is 1. The lowest BCUT2D eigenvalue weighted by Crippen LogP contribution is -2.28. The molecule has 1 saturated heterocycles. The lowest BCUT2D eigenvalue weighted by molar-refractivity contribution is -0.140. The molecule has 32 heavy (non-hydrogen) atoms. The molecule has 0 saturated carbocycles. The molecule has 166 valence electrons. The lowest BCUT2D eigenvalue weighted by atomic mass is 9.99. The maximum absolute atomic E-state index is 13.1. The Morgan fingerprint density at radius 2 is 1.91 bits per heavy atom. The van der Waals surface area contributed by atoms with Gasteiger partial charge in [0.25, 0.3) is 11.7 Å². The van der Waals surface area contributed by atoms with E-state index in [4.69, 9.17) is 9.15 Å². The summed E-state index contributed by atoms with van der Waals surface area (Å²) in [5.74, 6) is 0.00689. The Morgan fingerprint density at radius 3 is 2.50 bits per heavy atom. The monoisotopic (exact) mass is 452 g/mol. The van der Waals surface area contributed by atoms with Crippen molar-refractivity contribution in [2.45, 2.75) is 19.5 Å². The number of carbonyl (C=O) groups excluding carboxylic acids is 2. The second-order valence-electron chi connectivity index (χ2n) is 7.53. The summed E-state index contributed by atoms with van der Waals surface area (Å²) >= 11 is 1.50. The largest absolute Gasteiger partial charge is 0.507 e. The van der Waals surface area contributed by atoms with Crippen LogP contribution in [-0.4, -0.2) is 42.4 Å². The van der Waals surface area contributed by atoms with Crippen molar-refractivity contribution >= 4 is 34.7 Å². The Balaban J connectivity index is 1.81. The summed E-state index contributed by atoms with van der Waals surface area (Å²) in [6.45, 7) is 2.64. The summed E-state index contributed by atoms with van der Waals surface area (Å²) in [5, 5.41) is 13.0. The molecule has 8 heteroatoms. The van der Waals surface area contributed by atoms with Crippen LogP contribution in [0.3, 0.4) is 0 Å². The molecule has 0 aliphatic carbocycles. The van der Waals surface area contributed by atoms with E-state index in [9.17, 15) is 14.7 Å². The van der Waals surface area contributed by atoms with Crippen LogP contribution in [0.5, 0.6) is 5.75 Å². The molecule has 3 aromatic rings. The van der Waals surface area contributed by atoms with Crippen LogP contribution in [0.1, 0.15) is 29.2 Å². The van der Waals surface area contributed by atoms with E-state index in [1.54, 1.807) is 41.3 Å². The quantitative estimate of drug-likeness (QED) is 0.324. The highest BCUT2D eigenvalue weighted by Gasteiger charge is 2.47. The number of Topliss-reactive ketones (excluding diaryl/α,β-unsaturated/α-hetero) is 1. The van der Waals surface area contributed by atoms with Crippen LogP contribution >= 0.6 is 11.3 Å². The Bertz CT molecular complexity index is 1150. The summed E-state index contributed by atoms with van der Waals surface area (Å²) in [6, 6.07) is 13.2. The number of hydrogen-bond acceptors (Lipinski definition) is 7. The second kappa shape index (κ2) is 8.92. The van der Waals surface area contributed by atoms with Crippen molar-refractivity contribution in [3.63, 3.8) is 0 Å². The number of likely N-dealkylation sites (tertiary alicyclic amines) is 1. The molecule has 0 radical (unpaired) electrons. The number of aliphatic hydroxyl groups is 1. The van der Waals surface area contributed by atoms with Crippen LogP contribution in [0.25, 0.3) is 5.76 Å². The fraction of sp³-hybridized carbons (Fsp3) is 0.250.